The molecule has 2 aromatic rings. The molecule has 9 nitrogen and oxygen atoms in total. The molecule has 2 rings (SSSR count). The second kappa shape index (κ2) is 7.18. The Balaban J connectivity index is 2.10. The molecule has 10 heteroatoms. The van der Waals surface area contributed by atoms with E-state index in [1.807, 2.05) is 13.8 Å². The molecule has 0 bridgehead atoms. The Kier molecular flexibility index (Phi) is 5.27. The lowest BCUT2D eigenvalue weighted by molar-refractivity contribution is -0.394. The number of nitro groups is 1. The smallest absolute Gasteiger partial charge is 0.489 e. The van der Waals surface area contributed by atoms with Gasteiger partial charge in [-0.05, 0) is 35.9 Å². The van der Waals surface area contributed by atoms with Crippen molar-refractivity contribution < 1.29 is 14.5 Å². The first-order valence-electron chi connectivity index (χ1n) is 6.67. The number of nitrogens with zero attached hydrogens (tertiary/aromatic N) is 4. The summed E-state index contributed by atoms with van der Waals surface area (Å²) in [6.07, 6.45) is -0.0415. The standard InChI is InChI=1S/C13H14BrN5O4/c1-8(2)23-10-6-4-3-5-9(10)15-11(20)7-18-12(14)16-13(17-18)19(21)22/h3-6,8H,7H2,1-2H3,(H,15,20). The van der Waals surface area contributed by atoms with Gasteiger partial charge in [0.05, 0.1) is 11.8 Å². The van der Waals surface area contributed by atoms with Crippen LogP contribution in [0.25, 0.3) is 0 Å². The van der Waals surface area contributed by atoms with E-state index in [1.165, 1.54) is 0 Å². The first kappa shape index (κ1) is 16.9. The lowest BCUT2D eigenvalue weighted by atomic mass is 10.3. The number of ether oxygens (including phenoxy) is 1. The molecule has 1 N–H and O–H groups in total. The van der Waals surface area contributed by atoms with Crippen LogP contribution in [0.3, 0.4) is 0 Å². The first-order chi connectivity index (χ1) is 10.9. The van der Waals surface area contributed by atoms with Crippen LogP contribution in [0, 0.1) is 10.1 Å². The van der Waals surface area contributed by atoms with Crippen molar-refractivity contribution in [2.45, 2.75) is 26.5 Å². The van der Waals surface area contributed by atoms with Gasteiger partial charge in [-0.2, -0.15) is 4.68 Å². The minimum atomic E-state index is -0.731. The fourth-order valence-electron chi connectivity index (χ4n) is 1.74. The van der Waals surface area contributed by atoms with Crippen LogP contribution in [0.5, 0.6) is 5.75 Å². The third-order valence-corrected chi connectivity index (χ3v) is 3.18. The van der Waals surface area contributed by atoms with E-state index in [0.29, 0.717) is 11.4 Å². The van der Waals surface area contributed by atoms with Crippen LogP contribution in [-0.2, 0) is 11.3 Å². The number of anilines is 1. The summed E-state index contributed by atoms with van der Waals surface area (Å²) in [6.45, 7) is 3.53. The SMILES string of the molecule is CC(C)Oc1ccccc1NC(=O)Cn1nc([N+](=O)[O-])nc1Br. The Morgan fingerprint density at radius 3 is 2.78 bits per heavy atom. The van der Waals surface area contributed by atoms with Crippen LogP contribution in [-0.4, -0.2) is 31.7 Å². The fourth-order valence-corrected chi connectivity index (χ4v) is 2.11. The van der Waals surface area contributed by atoms with Crippen molar-refractivity contribution >= 4 is 33.5 Å². The van der Waals surface area contributed by atoms with Crippen LogP contribution in [0.15, 0.2) is 29.0 Å². The van der Waals surface area contributed by atoms with Gasteiger partial charge in [0, 0.05) is 21.0 Å². The highest BCUT2D eigenvalue weighted by atomic mass is 79.9. The number of carbonyl (C=O) groups is 1. The van der Waals surface area contributed by atoms with Gasteiger partial charge < -0.3 is 20.2 Å². The van der Waals surface area contributed by atoms with Crippen LogP contribution < -0.4 is 10.1 Å². The summed E-state index contributed by atoms with van der Waals surface area (Å²) in [6, 6.07) is 7.00. The van der Waals surface area contributed by atoms with E-state index in [9.17, 15) is 14.9 Å². The second-order valence-electron chi connectivity index (χ2n) is 4.81. The van der Waals surface area contributed by atoms with E-state index >= 15 is 0 Å². The molecule has 0 aliphatic carbocycles. The van der Waals surface area contributed by atoms with Crippen molar-refractivity contribution in [2.24, 2.45) is 0 Å². The van der Waals surface area contributed by atoms with Crippen molar-refractivity contribution in [3.8, 4) is 5.75 Å². The first-order valence-corrected chi connectivity index (χ1v) is 7.46. The van der Waals surface area contributed by atoms with Crippen LogP contribution >= 0.6 is 15.9 Å². The minimum Gasteiger partial charge on any atom is -0.489 e. The molecule has 0 saturated heterocycles. The number of carbonyl (C=O) groups excluding carboxylic acids is 1. The molecule has 1 aromatic heterocycles. The Morgan fingerprint density at radius 2 is 2.17 bits per heavy atom. The molecule has 0 aliphatic rings. The summed E-state index contributed by atoms with van der Waals surface area (Å²) in [7, 11) is 0. The molecule has 23 heavy (non-hydrogen) atoms. The number of nitrogens with one attached hydrogen (secondary N) is 1. The number of aromatic nitrogens is 3. The molecule has 0 spiro atoms. The molecular weight excluding hydrogens is 370 g/mol. The summed E-state index contributed by atoms with van der Waals surface area (Å²) in [5.41, 5.74) is 0.511. The van der Waals surface area contributed by atoms with E-state index < -0.39 is 16.8 Å². The zero-order valence-corrected chi connectivity index (χ0v) is 14.0. The van der Waals surface area contributed by atoms with Crippen LogP contribution in [0.1, 0.15) is 13.8 Å². The summed E-state index contributed by atoms with van der Waals surface area (Å²) >= 11 is 3.03. The number of amides is 1. The van der Waals surface area contributed by atoms with Crippen molar-refractivity contribution in [3.63, 3.8) is 0 Å². The average Bonchev–Trinajstić information content (AvgIpc) is 2.82. The zero-order valence-electron chi connectivity index (χ0n) is 12.4. The molecule has 1 heterocycles. The maximum absolute atomic E-state index is 12.1. The number of benzene rings is 1. The molecule has 0 fully saturated rings. The normalized spacial score (nSPS) is 10.6. The molecule has 122 valence electrons. The number of para-hydroxylation sites is 2. The predicted octanol–water partition coefficient (Wildman–Crippen LogP) is 2.37. The third kappa shape index (κ3) is 4.49. The van der Waals surface area contributed by atoms with Gasteiger partial charge in [0.25, 0.3) is 4.73 Å². The predicted molar refractivity (Wildman–Crippen MR) is 85.2 cm³/mol. The average molecular weight is 384 g/mol. The van der Waals surface area contributed by atoms with E-state index in [0.717, 1.165) is 4.68 Å². The molecule has 0 saturated carbocycles. The topological polar surface area (TPSA) is 112 Å². The van der Waals surface area contributed by atoms with Crippen molar-refractivity contribution in [1.82, 2.24) is 14.8 Å². The van der Waals surface area contributed by atoms with E-state index in [-0.39, 0.29) is 17.4 Å². The molecule has 0 atom stereocenters. The summed E-state index contributed by atoms with van der Waals surface area (Å²) in [5, 5.41) is 16.9. The largest absolute Gasteiger partial charge is 0.492 e. The highest BCUT2D eigenvalue weighted by Gasteiger charge is 2.21. The van der Waals surface area contributed by atoms with Crippen molar-refractivity contribution in [3.05, 3.63) is 39.1 Å². The van der Waals surface area contributed by atoms with Crippen molar-refractivity contribution in [1.29, 1.82) is 0 Å². The number of hydrogen-bond donors (Lipinski definition) is 1. The van der Waals surface area contributed by atoms with Gasteiger partial charge in [0.2, 0.25) is 5.91 Å². The van der Waals surface area contributed by atoms with Gasteiger partial charge in [0.1, 0.15) is 12.3 Å². The fraction of sp³-hybridized carbons (Fsp3) is 0.308. The monoisotopic (exact) mass is 383 g/mol. The Hall–Kier alpha value is -2.49. The number of rotatable bonds is 6. The quantitative estimate of drug-likeness (QED) is 0.605. The molecule has 0 radical (unpaired) electrons. The van der Waals surface area contributed by atoms with Gasteiger partial charge in [-0.25, -0.2) is 0 Å². The third-order valence-electron chi connectivity index (χ3n) is 2.60. The van der Waals surface area contributed by atoms with Gasteiger partial charge in [0.15, 0.2) is 0 Å². The Morgan fingerprint density at radius 1 is 1.48 bits per heavy atom. The highest BCUT2D eigenvalue weighted by molar-refractivity contribution is 9.10. The molecule has 1 amide bonds. The zero-order chi connectivity index (χ0) is 17.0. The Labute approximate surface area is 139 Å². The molecular formula is C13H14BrN5O4. The number of halogens is 1. The molecule has 1 aromatic carbocycles. The summed E-state index contributed by atoms with van der Waals surface area (Å²) in [4.78, 5) is 25.6. The second-order valence-corrected chi connectivity index (χ2v) is 5.52. The highest BCUT2D eigenvalue weighted by Crippen LogP contribution is 2.25. The molecule has 0 aliphatic heterocycles. The van der Waals surface area contributed by atoms with E-state index in [4.69, 9.17) is 4.74 Å². The van der Waals surface area contributed by atoms with E-state index in [2.05, 4.69) is 31.3 Å². The van der Waals surface area contributed by atoms with Gasteiger partial charge >= 0.3 is 5.95 Å². The summed E-state index contributed by atoms with van der Waals surface area (Å²) in [5.74, 6) is -0.446. The minimum absolute atomic E-state index is 0.0415. The van der Waals surface area contributed by atoms with Gasteiger partial charge in [-0.15, -0.1) is 0 Å². The Bertz CT molecular complexity index is 731. The molecule has 0 unspecified atom stereocenters. The van der Waals surface area contributed by atoms with Gasteiger partial charge in [-0.1, -0.05) is 12.1 Å². The lowest BCUT2D eigenvalue weighted by Crippen LogP contribution is -2.20. The maximum atomic E-state index is 12.1. The summed E-state index contributed by atoms with van der Waals surface area (Å²) < 4.78 is 6.81. The van der Waals surface area contributed by atoms with E-state index in [1.54, 1.807) is 24.3 Å². The maximum Gasteiger partial charge on any atom is 0.492 e. The van der Waals surface area contributed by atoms with Crippen LogP contribution in [0.2, 0.25) is 0 Å². The van der Waals surface area contributed by atoms with Crippen LogP contribution in [0.4, 0.5) is 11.6 Å². The van der Waals surface area contributed by atoms with Crippen molar-refractivity contribution in [2.75, 3.05) is 5.32 Å². The number of hydrogen-bond acceptors (Lipinski definition) is 6. The van der Waals surface area contributed by atoms with Gasteiger partial charge in [-0.3, -0.25) is 4.79 Å². The lowest BCUT2D eigenvalue weighted by Gasteiger charge is -2.14.